The molecule has 1 aromatic carbocycles. The van der Waals surface area contributed by atoms with Gasteiger partial charge in [-0.15, -0.1) is 0 Å². The zero-order valence-corrected chi connectivity index (χ0v) is 18.5. The smallest absolute Gasteiger partial charge is 0.320 e. The Morgan fingerprint density at radius 1 is 0.935 bits per heavy atom. The number of nitrogens with one attached hydrogen (secondary N) is 2. The van der Waals surface area contributed by atoms with E-state index in [2.05, 4.69) is 44.3 Å². The lowest BCUT2D eigenvalue weighted by Crippen LogP contribution is -2.31. The van der Waals surface area contributed by atoms with Crippen molar-refractivity contribution in [3.63, 3.8) is 0 Å². The van der Waals surface area contributed by atoms with Crippen molar-refractivity contribution in [2.45, 2.75) is 39.5 Å². The Kier molecular flexibility index (Phi) is 8.72. The first kappa shape index (κ1) is 22.6. The fourth-order valence-corrected chi connectivity index (χ4v) is 3.51. The van der Waals surface area contributed by atoms with Gasteiger partial charge >= 0.3 is 6.03 Å². The zero-order valence-electron chi connectivity index (χ0n) is 18.5. The molecule has 2 aromatic heterocycles. The monoisotopic (exact) mass is 420 g/mol. The van der Waals surface area contributed by atoms with Crippen molar-refractivity contribution < 1.29 is 4.79 Å². The molecular weight excluding hydrogens is 388 g/mol. The van der Waals surface area contributed by atoms with E-state index in [1.165, 1.54) is 12.8 Å². The number of unbranched alkanes of at least 4 members (excludes halogenated alkanes) is 1. The van der Waals surface area contributed by atoms with Crippen molar-refractivity contribution in [1.82, 2.24) is 25.2 Å². The van der Waals surface area contributed by atoms with Crippen molar-refractivity contribution in [1.29, 1.82) is 0 Å². The van der Waals surface area contributed by atoms with Crippen LogP contribution in [0.1, 0.15) is 39.5 Å². The number of hydrogen-bond acceptors (Lipinski definition) is 5. The standard InChI is InChI=1S/C24H32N6O/c1-3-15-30(16-4-2)17-9-8-14-25-24(31)29-22-13-12-20-23(28-22)27-21(18-26-20)19-10-6-5-7-11-19/h5-7,10-13,18H,3-4,8-9,14-17H2,1-2H3,(H2,25,27,28,29,31). The minimum atomic E-state index is -0.252. The van der Waals surface area contributed by atoms with E-state index in [-0.39, 0.29) is 6.03 Å². The second-order valence-corrected chi connectivity index (χ2v) is 7.59. The van der Waals surface area contributed by atoms with Crippen LogP contribution in [-0.2, 0) is 0 Å². The Balaban J connectivity index is 1.50. The van der Waals surface area contributed by atoms with Crippen molar-refractivity contribution in [2.24, 2.45) is 0 Å². The number of amides is 2. The Morgan fingerprint density at radius 2 is 1.71 bits per heavy atom. The van der Waals surface area contributed by atoms with Gasteiger partial charge in [-0.05, 0) is 57.5 Å². The fraction of sp³-hybridized carbons (Fsp3) is 0.417. The maximum Gasteiger partial charge on any atom is 0.320 e. The first-order valence-corrected chi connectivity index (χ1v) is 11.2. The van der Waals surface area contributed by atoms with Gasteiger partial charge in [0.1, 0.15) is 11.3 Å². The van der Waals surface area contributed by atoms with Crippen molar-refractivity contribution in [2.75, 3.05) is 31.5 Å². The van der Waals surface area contributed by atoms with Crippen LogP contribution in [-0.4, -0.2) is 52.1 Å². The molecule has 0 atom stereocenters. The molecule has 164 valence electrons. The van der Waals surface area contributed by atoms with Gasteiger partial charge < -0.3 is 10.2 Å². The number of nitrogens with zero attached hydrogens (tertiary/aromatic N) is 4. The highest BCUT2D eigenvalue weighted by Gasteiger charge is 2.07. The summed E-state index contributed by atoms with van der Waals surface area (Å²) in [6.45, 7) is 8.44. The summed E-state index contributed by atoms with van der Waals surface area (Å²) in [5.41, 5.74) is 2.93. The van der Waals surface area contributed by atoms with Gasteiger partial charge in [-0.2, -0.15) is 0 Å². The van der Waals surface area contributed by atoms with Crippen LogP contribution in [0.25, 0.3) is 22.4 Å². The number of carbonyl (C=O) groups is 1. The lowest BCUT2D eigenvalue weighted by Gasteiger charge is -2.20. The number of pyridine rings is 1. The molecular formula is C24H32N6O. The number of carbonyl (C=O) groups excluding carboxylic acids is 1. The van der Waals surface area contributed by atoms with E-state index in [4.69, 9.17) is 0 Å². The highest BCUT2D eigenvalue weighted by molar-refractivity contribution is 5.89. The Bertz CT molecular complexity index is 957. The van der Waals surface area contributed by atoms with Crippen LogP contribution in [0.4, 0.5) is 10.6 Å². The molecule has 3 aromatic rings. The number of aromatic nitrogens is 3. The van der Waals surface area contributed by atoms with E-state index >= 15 is 0 Å². The second-order valence-electron chi connectivity index (χ2n) is 7.59. The van der Waals surface area contributed by atoms with Crippen LogP contribution >= 0.6 is 0 Å². The van der Waals surface area contributed by atoms with E-state index in [0.29, 0.717) is 23.5 Å². The highest BCUT2D eigenvalue weighted by atomic mass is 16.2. The summed E-state index contributed by atoms with van der Waals surface area (Å²) in [6.07, 6.45) is 6.12. The van der Waals surface area contributed by atoms with E-state index in [0.717, 1.165) is 43.7 Å². The van der Waals surface area contributed by atoms with E-state index in [1.54, 1.807) is 12.3 Å². The third-order valence-corrected chi connectivity index (χ3v) is 4.98. The number of hydrogen-bond donors (Lipinski definition) is 2. The number of fused-ring (bicyclic) bond motifs is 1. The maximum absolute atomic E-state index is 12.2. The minimum absolute atomic E-state index is 0.252. The molecule has 0 spiro atoms. The quantitative estimate of drug-likeness (QED) is 0.439. The third-order valence-electron chi connectivity index (χ3n) is 4.98. The molecule has 0 fully saturated rings. The SMILES string of the molecule is CCCN(CCC)CCCCNC(=O)Nc1ccc2ncc(-c3ccccc3)nc2n1. The summed E-state index contributed by atoms with van der Waals surface area (Å²) < 4.78 is 0. The Labute approximate surface area is 184 Å². The molecule has 0 unspecified atom stereocenters. The number of benzene rings is 1. The molecule has 0 saturated carbocycles. The summed E-state index contributed by atoms with van der Waals surface area (Å²) in [5, 5.41) is 5.70. The molecule has 0 saturated heterocycles. The minimum Gasteiger partial charge on any atom is -0.338 e. The average molecular weight is 421 g/mol. The van der Waals surface area contributed by atoms with Gasteiger partial charge in [0.2, 0.25) is 0 Å². The molecule has 0 aliphatic carbocycles. The number of rotatable bonds is 11. The Hall–Kier alpha value is -3.06. The topological polar surface area (TPSA) is 83.0 Å². The molecule has 31 heavy (non-hydrogen) atoms. The van der Waals surface area contributed by atoms with Crippen molar-refractivity contribution >= 4 is 23.0 Å². The molecule has 2 N–H and O–H groups in total. The molecule has 3 rings (SSSR count). The second kappa shape index (κ2) is 12.0. The average Bonchev–Trinajstić information content (AvgIpc) is 2.79. The lowest BCUT2D eigenvalue weighted by atomic mass is 10.2. The highest BCUT2D eigenvalue weighted by Crippen LogP contribution is 2.19. The summed E-state index contributed by atoms with van der Waals surface area (Å²) in [6, 6.07) is 13.2. The van der Waals surface area contributed by atoms with Crippen LogP contribution in [0.3, 0.4) is 0 Å². The van der Waals surface area contributed by atoms with Crippen molar-refractivity contribution in [3.8, 4) is 11.3 Å². The van der Waals surface area contributed by atoms with Crippen molar-refractivity contribution in [3.05, 3.63) is 48.7 Å². The van der Waals surface area contributed by atoms with Gasteiger partial charge in [0.15, 0.2) is 5.65 Å². The summed E-state index contributed by atoms with van der Waals surface area (Å²) in [5.74, 6) is 0.460. The Morgan fingerprint density at radius 3 is 2.45 bits per heavy atom. The first-order valence-electron chi connectivity index (χ1n) is 11.2. The maximum atomic E-state index is 12.2. The fourth-order valence-electron chi connectivity index (χ4n) is 3.51. The van der Waals surface area contributed by atoms with Gasteiger partial charge in [-0.3, -0.25) is 10.3 Å². The number of urea groups is 1. The van der Waals surface area contributed by atoms with Gasteiger partial charge in [-0.1, -0.05) is 44.2 Å². The molecule has 0 aliphatic heterocycles. The number of anilines is 1. The third kappa shape index (κ3) is 7.00. The molecule has 0 aliphatic rings. The van der Waals surface area contributed by atoms with Crippen LogP contribution in [0.15, 0.2) is 48.7 Å². The van der Waals surface area contributed by atoms with E-state index < -0.39 is 0 Å². The molecule has 0 radical (unpaired) electrons. The summed E-state index contributed by atoms with van der Waals surface area (Å²) >= 11 is 0. The predicted octanol–water partition coefficient (Wildman–Crippen LogP) is 4.72. The largest absolute Gasteiger partial charge is 0.338 e. The summed E-state index contributed by atoms with van der Waals surface area (Å²) in [7, 11) is 0. The summed E-state index contributed by atoms with van der Waals surface area (Å²) in [4.78, 5) is 28.2. The van der Waals surface area contributed by atoms with Gasteiger partial charge in [0, 0.05) is 12.1 Å². The molecule has 2 amide bonds. The van der Waals surface area contributed by atoms with Gasteiger partial charge in [0.25, 0.3) is 0 Å². The van der Waals surface area contributed by atoms with Crippen LogP contribution < -0.4 is 10.6 Å². The normalized spacial score (nSPS) is 11.1. The van der Waals surface area contributed by atoms with E-state index in [9.17, 15) is 4.79 Å². The molecule has 7 nitrogen and oxygen atoms in total. The van der Waals surface area contributed by atoms with Gasteiger partial charge in [-0.25, -0.2) is 14.8 Å². The van der Waals surface area contributed by atoms with Gasteiger partial charge in [0.05, 0.1) is 11.9 Å². The zero-order chi connectivity index (χ0) is 21.9. The van der Waals surface area contributed by atoms with Crippen LogP contribution in [0.5, 0.6) is 0 Å². The van der Waals surface area contributed by atoms with Crippen LogP contribution in [0, 0.1) is 0 Å². The molecule has 2 heterocycles. The molecule has 0 bridgehead atoms. The predicted molar refractivity (Wildman–Crippen MR) is 126 cm³/mol. The lowest BCUT2D eigenvalue weighted by molar-refractivity contribution is 0.250. The van der Waals surface area contributed by atoms with E-state index in [1.807, 2.05) is 36.4 Å². The first-order chi connectivity index (χ1) is 15.2. The van der Waals surface area contributed by atoms with Crippen LogP contribution in [0.2, 0.25) is 0 Å². The molecule has 7 heteroatoms.